The SMILES string of the molecule is CC(=O)Nc1cccc([C@@H](C)NC[C@@H](C)c2c(C)noc2C)c1. The van der Waals surface area contributed by atoms with E-state index in [0.717, 1.165) is 29.2 Å². The number of aryl methyl sites for hydroxylation is 2. The van der Waals surface area contributed by atoms with E-state index in [0.29, 0.717) is 5.92 Å². The Bertz CT molecular complexity index is 659. The molecule has 0 unspecified atom stereocenters. The molecule has 0 bridgehead atoms. The van der Waals surface area contributed by atoms with Gasteiger partial charge < -0.3 is 15.2 Å². The van der Waals surface area contributed by atoms with E-state index in [1.165, 1.54) is 12.5 Å². The first-order valence-electron chi connectivity index (χ1n) is 7.92. The fourth-order valence-corrected chi connectivity index (χ4v) is 2.86. The van der Waals surface area contributed by atoms with Gasteiger partial charge in [-0.25, -0.2) is 0 Å². The summed E-state index contributed by atoms with van der Waals surface area (Å²) in [6, 6.07) is 8.09. The minimum atomic E-state index is -0.0604. The highest BCUT2D eigenvalue weighted by Crippen LogP contribution is 2.24. The summed E-state index contributed by atoms with van der Waals surface area (Å²) in [6.45, 7) is 10.6. The first kappa shape index (κ1) is 17.2. The number of benzene rings is 1. The van der Waals surface area contributed by atoms with Gasteiger partial charge in [-0.1, -0.05) is 24.2 Å². The third kappa shape index (κ3) is 4.42. The van der Waals surface area contributed by atoms with E-state index < -0.39 is 0 Å². The highest BCUT2D eigenvalue weighted by atomic mass is 16.5. The quantitative estimate of drug-likeness (QED) is 0.853. The van der Waals surface area contributed by atoms with Crippen LogP contribution in [0.15, 0.2) is 28.8 Å². The summed E-state index contributed by atoms with van der Waals surface area (Å²) in [7, 11) is 0. The molecule has 0 aliphatic rings. The van der Waals surface area contributed by atoms with Gasteiger partial charge in [-0.2, -0.15) is 0 Å². The normalized spacial score (nSPS) is 13.6. The average Bonchev–Trinajstić information content (AvgIpc) is 2.83. The van der Waals surface area contributed by atoms with Crippen LogP contribution in [0.2, 0.25) is 0 Å². The van der Waals surface area contributed by atoms with Crippen molar-refractivity contribution in [1.29, 1.82) is 0 Å². The van der Waals surface area contributed by atoms with Crippen LogP contribution in [-0.2, 0) is 4.79 Å². The number of amides is 1. The number of aromatic nitrogens is 1. The Morgan fingerprint density at radius 2 is 2.04 bits per heavy atom. The summed E-state index contributed by atoms with van der Waals surface area (Å²) in [6.07, 6.45) is 0. The summed E-state index contributed by atoms with van der Waals surface area (Å²) >= 11 is 0. The minimum Gasteiger partial charge on any atom is -0.361 e. The first-order valence-corrected chi connectivity index (χ1v) is 7.92. The molecule has 2 atom stereocenters. The number of carbonyl (C=O) groups excluding carboxylic acids is 1. The Labute approximate surface area is 137 Å². The molecule has 5 heteroatoms. The monoisotopic (exact) mass is 315 g/mol. The summed E-state index contributed by atoms with van der Waals surface area (Å²) in [5.74, 6) is 1.15. The maximum atomic E-state index is 11.2. The molecule has 2 rings (SSSR count). The molecule has 23 heavy (non-hydrogen) atoms. The number of hydrogen-bond acceptors (Lipinski definition) is 4. The van der Waals surface area contributed by atoms with E-state index in [1.807, 2.05) is 32.0 Å². The second-order valence-corrected chi connectivity index (χ2v) is 6.08. The highest BCUT2D eigenvalue weighted by Gasteiger charge is 2.17. The minimum absolute atomic E-state index is 0.0604. The van der Waals surface area contributed by atoms with E-state index in [9.17, 15) is 4.79 Å². The molecule has 0 aliphatic heterocycles. The molecule has 2 N–H and O–H groups in total. The van der Waals surface area contributed by atoms with Crippen molar-refractivity contribution in [2.75, 3.05) is 11.9 Å². The third-order valence-corrected chi connectivity index (χ3v) is 4.02. The molecular formula is C18H25N3O2. The second-order valence-electron chi connectivity index (χ2n) is 6.08. The van der Waals surface area contributed by atoms with Crippen molar-refractivity contribution in [2.24, 2.45) is 0 Å². The maximum Gasteiger partial charge on any atom is 0.221 e. The van der Waals surface area contributed by atoms with E-state index in [2.05, 4.69) is 35.7 Å². The van der Waals surface area contributed by atoms with Crippen LogP contribution in [0.5, 0.6) is 0 Å². The molecule has 0 aliphatic carbocycles. The van der Waals surface area contributed by atoms with Gasteiger partial charge in [-0.3, -0.25) is 4.79 Å². The molecule has 0 saturated carbocycles. The molecule has 2 aromatic rings. The van der Waals surface area contributed by atoms with Crippen molar-refractivity contribution in [3.63, 3.8) is 0 Å². The van der Waals surface area contributed by atoms with E-state index in [1.54, 1.807) is 0 Å². The lowest BCUT2D eigenvalue weighted by atomic mass is 9.98. The number of hydrogen-bond donors (Lipinski definition) is 2. The van der Waals surface area contributed by atoms with E-state index >= 15 is 0 Å². The first-order chi connectivity index (χ1) is 10.9. The highest BCUT2D eigenvalue weighted by molar-refractivity contribution is 5.88. The Morgan fingerprint density at radius 3 is 2.65 bits per heavy atom. The molecule has 5 nitrogen and oxygen atoms in total. The predicted molar refractivity (Wildman–Crippen MR) is 91.6 cm³/mol. The fraction of sp³-hybridized carbons (Fsp3) is 0.444. The standard InChI is InChI=1S/C18H25N3O2/c1-11(18-13(3)21-23-14(18)4)10-19-12(2)16-7-6-8-17(9-16)20-15(5)22/h6-9,11-12,19H,10H2,1-5H3,(H,20,22)/t11-,12-/m1/s1. The van der Waals surface area contributed by atoms with Gasteiger partial charge in [0.25, 0.3) is 0 Å². The Morgan fingerprint density at radius 1 is 1.30 bits per heavy atom. The Balaban J connectivity index is 1.99. The van der Waals surface area contributed by atoms with Gasteiger partial charge in [0.05, 0.1) is 5.69 Å². The van der Waals surface area contributed by atoms with Crippen LogP contribution in [0, 0.1) is 13.8 Å². The number of nitrogens with zero attached hydrogens (tertiary/aromatic N) is 1. The Kier molecular flexibility index (Phi) is 5.55. The molecule has 1 aromatic carbocycles. The fourth-order valence-electron chi connectivity index (χ4n) is 2.86. The van der Waals surface area contributed by atoms with Gasteiger partial charge in [0.15, 0.2) is 0 Å². The summed E-state index contributed by atoms with van der Waals surface area (Å²) in [5, 5.41) is 10.4. The van der Waals surface area contributed by atoms with Crippen LogP contribution in [-0.4, -0.2) is 17.6 Å². The summed E-state index contributed by atoms with van der Waals surface area (Å²) in [5.41, 5.74) is 4.10. The van der Waals surface area contributed by atoms with Crippen LogP contribution in [0.25, 0.3) is 0 Å². The van der Waals surface area contributed by atoms with Crippen LogP contribution in [0.1, 0.15) is 55.3 Å². The van der Waals surface area contributed by atoms with Crippen LogP contribution >= 0.6 is 0 Å². The largest absolute Gasteiger partial charge is 0.361 e. The zero-order valence-corrected chi connectivity index (χ0v) is 14.4. The third-order valence-electron chi connectivity index (χ3n) is 4.02. The summed E-state index contributed by atoms with van der Waals surface area (Å²) < 4.78 is 5.24. The molecule has 0 saturated heterocycles. The van der Waals surface area contributed by atoms with Crippen molar-refractivity contribution in [3.05, 3.63) is 46.8 Å². The average molecular weight is 315 g/mol. The van der Waals surface area contributed by atoms with Crippen molar-refractivity contribution in [3.8, 4) is 0 Å². The molecular weight excluding hydrogens is 290 g/mol. The van der Waals surface area contributed by atoms with Crippen LogP contribution in [0.3, 0.4) is 0 Å². The Hall–Kier alpha value is -2.14. The molecule has 0 spiro atoms. The van der Waals surface area contributed by atoms with Gasteiger partial charge in [-0.05, 0) is 44.4 Å². The van der Waals surface area contributed by atoms with Gasteiger partial charge in [0.2, 0.25) is 5.91 Å². The van der Waals surface area contributed by atoms with Crippen molar-refractivity contribution >= 4 is 11.6 Å². The van der Waals surface area contributed by atoms with Crippen molar-refractivity contribution < 1.29 is 9.32 Å². The maximum absolute atomic E-state index is 11.2. The number of carbonyl (C=O) groups is 1. The summed E-state index contributed by atoms with van der Waals surface area (Å²) in [4.78, 5) is 11.2. The zero-order valence-electron chi connectivity index (χ0n) is 14.4. The zero-order chi connectivity index (χ0) is 17.0. The predicted octanol–water partition coefficient (Wildman–Crippen LogP) is 3.70. The van der Waals surface area contributed by atoms with Crippen molar-refractivity contribution in [1.82, 2.24) is 10.5 Å². The lowest BCUT2D eigenvalue weighted by Gasteiger charge is -2.19. The van der Waals surface area contributed by atoms with Gasteiger partial charge in [0, 0.05) is 30.8 Å². The number of anilines is 1. The van der Waals surface area contributed by atoms with Gasteiger partial charge >= 0.3 is 0 Å². The van der Waals surface area contributed by atoms with E-state index in [-0.39, 0.29) is 11.9 Å². The van der Waals surface area contributed by atoms with Crippen LogP contribution in [0.4, 0.5) is 5.69 Å². The lowest BCUT2D eigenvalue weighted by molar-refractivity contribution is -0.114. The van der Waals surface area contributed by atoms with Gasteiger partial charge in [0.1, 0.15) is 5.76 Å². The molecule has 124 valence electrons. The van der Waals surface area contributed by atoms with Crippen molar-refractivity contribution in [2.45, 2.75) is 46.6 Å². The van der Waals surface area contributed by atoms with Crippen LogP contribution < -0.4 is 10.6 Å². The molecule has 1 aromatic heterocycles. The molecule has 0 fully saturated rings. The second kappa shape index (κ2) is 7.42. The molecule has 1 amide bonds. The number of nitrogens with one attached hydrogen (secondary N) is 2. The molecule has 1 heterocycles. The smallest absolute Gasteiger partial charge is 0.221 e. The lowest BCUT2D eigenvalue weighted by Crippen LogP contribution is -2.24. The number of rotatable bonds is 6. The topological polar surface area (TPSA) is 67.2 Å². The van der Waals surface area contributed by atoms with E-state index in [4.69, 9.17) is 4.52 Å². The molecule has 0 radical (unpaired) electrons. The van der Waals surface area contributed by atoms with Gasteiger partial charge in [-0.15, -0.1) is 0 Å².